The van der Waals surface area contributed by atoms with E-state index in [4.69, 9.17) is 0 Å². The number of hydrogen-bond acceptors (Lipinski definition) is 5. The Morgan fingerprint density at radius 3 is 2.53 bits per heavy atom. The standard InChI is InChI=1S/C29H38BrN3O4S/c1-4-7-16-31(14-5-2)28(37)25-29-19-21(30)24(38-29)22(23(29)27(36)33(25)17-11-18-34)26(35)32(15-6-3)20-12-9-8-10-13-20/h5-6,8-10,12-13,21-25,34H,2-4,7,11,14-19H2,1H3/t21?,22-,23-,24-,25?,29?/m0/s1. The Bertz CT molecular complexity index is 1060. The molecule has 3 aliphatic rings. The predicted octanol–water partition coefficient (Wildman–Crippen LogP) is 3.87. The molecule has 0 aromatic heterocycles. The number of hydrogen-bond donors (Lipinski definition) is 1. The van der Waals surface area contributed by atoms with Crippen molar-refractivity contribution >= 4 is 51.1 Å². The van der Waals surface area contributed by atoms with Gasteiger partial charge in [-0.2, -0.15) is 0 Å². The lowest BCUT2D eigenvalue weighted by Crippen LogP contribution is -2.56. The fourth-order valence-electron chi connectivity index (χ4n) is 6.38. The minimum atomic E-state index is -0.703. The lowest BCUT2D eigenvalue weighted by atomic mass is 9.70. The largest absolute Gasteiger partial charge is 0.396 e. The zero-order chi connectivity index (χ0) is 27.4. The minimum absolute atomic E-state index is 0.00319. The highest BCUT2D eigenvalue weighted by molar-refractivity contribution is 9.09. The van der Waals surface area contributed by atoms with E-state index in [1.165, 1.54) is 0 Å². The van der Waals surface area contributed by atoms with Gasteiger partial charge in [0.1, 0.15) is 6.04 Å². The lowest BCUT2D eigenvalue weighted by molar-refractivity contribution is -0.142. The van der Waals surface area contributed by atoms with Crippen LogP contribution in [0.4, 0.5) is 5.69 Å². The molecule has 9 heteroatoms. The van der Waals surface area contributed by atoms with E-state index in [9.17, 15) is 19.5 Å². The highest BCUT2D eigenvalue weighted by Crippen LogP contribution is 2.68. The number of alkyl halides is 1. The summed E-state index contributed by atoms with van der Waals surface area (Å²) in [4.78, 5) is 47.8. The maximum atomic E-state index is 14.3. The maximum Gasteiger partial charge on any atom is 0.247 e. The molecule has 3 unspecified atom stereocenters. The second kappa shape index (κ2) is 12.4. The van der Waals surface area contributed by atoms with E-state index in [1.54, 1.807) is 38.6 Å². The van der Waals surface area contributed by atoms with Gasteiger partial charge in [0.2, 0.25) is 17.7 Å². The Labute approximate surface area is 238 Å². The zero-order valence-electron chi connectivity index (χ0n) is 22.0. The van der Waals surface area contributed by atoms with Crippen molar-refractivity contribution in [3.05, 3.63) is 55.6 Å². The van der Waals surface area contributed by atoms with E-state index in [0.717, 1.165) is 18.5 Å². The molecule has 3 fully saturated rings. The van der Waals surface area contributed by atoms with Crippen molar-refractivity contribution in [2.75, 3.05) is 37.7 Å². The van der Waals surface area contributed by atoms with Crippen LogP contribution in [0.2, 0.25) is 0 Å². The molecule has 1 aromatic rings. The maximum absolute atomic E-state index is 14.3. The number of unbranched alkanes of at least 4 members (excludes halogenated alkanes) is 1. The summed E-state index contributed by atoms with van der Waals surface area (Å²) in [5, 5.41) is 9.47. The Kier molecular flexibility index (Phi) is 9.42. The molecule has 3 saturated heterocycles. The van der Waals surface area contributed by atoms with Crippen molar-refractivity contribution in [2.45, 2.75) is 53.5 Å². The average Bonchev–Trinajstić information content (AvgIpc) is 3.51. The summed E-state index contributed by atoms with van der Waals surface area (Å²) in [6.07, 6.45) is 6.25. The van der Waals surface area contributed by atoms with Crippen LogP contribution in [-0.2, 0) is 14.4 Å². The minimum Gasteiger partial charge on any atom is -0.396 e. The van der Waals surface area contributed by atoms with Gasteiger partial charge in [-0.25, -0.2) is 0 Å². The Morgan fingerprint density at radius 1 is 1.18 bits per heavy atom. The fraction of sp³-hybridized carbons (Fsp3) is 0.552. The van der Waals surface area contributed by atoms with Gasteiger partial charge >= 0.3 is 0 Å². The normalized spacial score (nSPS) is 29.3. The number of rotatable bonds is 13. The van der Waals surface area contributed by atoms with E-state index in [-0.39, 0.29) is 41.0 Å². The van der Waals surface area contributed by atoms with Gasteiger partial charge in [-0.05, 0) is 31.4 Å². The summed E-state index contributed by atoms with van der Waals surface area (Å²) < 4.78 is -0.703. The van der Waals surface area contributed by atoms with Gasteiger partial charge < -0.3 is 19.8 Å². The summed E-state index contributed by atoms with van der Waals surface area (Å²) in [7, 11) is 0. The number of amides is 3. The molecular formula is C29H38BrN3O4S. The molecule has 1 aromatic carbocycles. The van der Waals surface area contributed by atoms with Gasteiger partial charge in [0.05, 0.1) is 16.6 Å². The molecule has 0 aliphatic carbocycles. The second-order valence-electron chi connectivity index (χ2n) is 10.3. The van der Waals surface area contributed by atoms with Gasteiger partial charge in [0.25, 0.3) is 0 Å². The van der Waals surface area contributed by atoms with Crippen molar-refractivity contribution in [3.8, 4) is 0 Å². The number of aliphatic hydroxyl groups is 1. The number of para-hydroxylation sites is 1. The number of nitrogens with zero attached hydrogens (tertiary/aromatic N) is 3. The molecule has 0 radical (unpaired) electrons. The highest BCUT2D eigenvalue weighted by atomic mass is 79.9. The summed E-state index contributed by atoms with van der Waals surface area (Å²) in [5.74, 6) is -1.51. The van der Waals surface area contributed by atoms with Gasteiger partial charge in [-0.3, -0.25) is 14.4 Å². The van der Waals surface area contributed by atoms with Crippen molar-refractivity contribution < 1.29 is 19.5 Å². The Balaban J connectivity index is 1.75. The SMILES string of the molecule is C=CCN(CCCC)C(=O)C1N(CCCO)C(=O)[C@@H]2[C@H](C(=O)N(CC=C)c3ccccc3)[C@H]3SC12CC3Br. The molecule has 3 heterocycles. The summed E-state index contributed by atoms with van der Waals surface area (Å²) in [6.45, 7) is 11.3. The number of halogens is 1. The number of carbonyl (C=O) groups excluding carboxylic acids is 3. The Hall–Kier alpha value is -2.10. The third kappa shape index (κ3) is 4.97. The van der Waals surface area contributed by atoms with E-state index in [1.807, 2.05) is 30.3 Å². The molecule has 0 saturated carbocycles. The first kappa shape index (κ1) is 28.9. The lowest BCUT2D eigenvalue weighted by Gasteiger charge is -2.38. The van der Waals surface area contributed by atoms with E-state index in [0.29, 0.717) is 32.5 Å². The second-order valence-corrected chi connectivity index (χ2v) is 13.0. The molecule has 6 atom stereocenters. The van der Waals surface area contributed by atoms with Crippen molar-refractivity contribution in [2.24, 2.45) is 11.8 Å². The fourth-order valence-corrected chi connectivity index (χ4v) is 9.98. The molecule has 38 heavy (non-hydrogen) atoms. The first-order chi connectivity index (χ1) is 18.4. The predicted molar refractivity (Wildman–Crippen MR) is 156 cm³/mol. The van der Waals surface area contributed by atoms with E-state index >= 15 is 0 Å². The smallest absolute Gasteiger partial charge is 0.247 e. The molecule has 1 spiro atoms. The summed E-state index contributed by atoms with van der Waals surface area (Å²) in [5.41, 5.74) is 0.761. The topological polar surface area (TPSA) is 81.2 Å². The first-order valence-electron chi connectivity index (χ1n) is 13.5. The van der Waals surface area contributed by atoms with Gasteiger partial charge in [-0.1, -0.05) is 59.6 Å². The van der Waals surface area contributed by atoms with Crippen LogP contribution in [0.1, 0.15) is 32.6 Å². The number of aliphatic hydroxyl groups excluding tert-OH is 1. The van der Waals surface area contributed by atoms with Crippen LogP contribution in [-0.4, -0.2) is 86.3 Å². The third-order valence-electron chi connectivity index (χ3n) is 7.95. The number of anilines is 1. The quantitative estimate of drug-likeness (QED) is 0.273. The van der Waals surface area contributed by atoms with E-state index in [2.05, 4.69) is 36.0 Å². The van der Waals surface area contributed by atoms with Crippen LogP contribution >= 0.6 is 27.7 Å². The van der Waals surface area contributed by atoms with Crippen LogP contribution in [0.3, 0.4) is 0 Å². The number of fused-ring (bicyclic) bond motifs is 1. The third-order valence-corrected chi connectivity index (χ3v) is 11.2. The zero-order valence-corrected chi connectivity index (χ0v) is 24.4. The van der Waals surface area contributed by atoms with Crippen molar-refractivity contribution in [1.29, 1.82) is 0 Å². The molecule has 7 nitrogen and oxygen atoms in total. The van der Waals surface area contributed by atoms with Gasteiger partial charge in [0, 0.05) is 48.6 Å². The average molecular weight is 605 g/mol. The van der Waals surface area contributed by atoms with Crippen LogP contribution in [0, 0.1) is 11.8 Å². The molecule has 1 N–H and O–H groups in total. The van der Waals surface area contributed by atoms with Gasteiger partial charge in [0.15, 0.2) is 0 Å². The van der Waals surface area contributed by atoms with Crippen LogP contribution < -0.4 is 4.90 Å². The number of benzene rings is 1. The van der Waals surface area contributed by atoms with Gasteiger partial charge in [-0.15, -0.1) is 24.9 Å². The molecule has 3 amide bonds. The molecule has 3 aliphatic heterocycles. The summed E-state index contributed by atoms with van der Waals surface area (Å²) in [6, 6.07) is 8.78. The van der Waals surface area contributed by atoms with Crippen molar-refractivity contribution in [3.63, 3.8) is 0 Å². The highest BCUT2D eigenvalue weighted by Gasteiger charge is 2.76. The monoisotopic (exact) mass is 603 g/mol. The van der Waals surface area contributed by atoms with E-state index < -0.39 is 22.6 Å². The Morgan fingerprint density at radius 2 is 1.89 bits per heavy atom. The molecule has 4 rings (SSSR count). The first-order valence-corrected chi connectivity index (χ1v) is 15.3. The number of likely N-dealkylation sites (tertiary alicyclic amines) is 1. The molecule has 2 bridgehead atoms. The number of thioether (sulfide) groups is 1. The number of carbonyl (C=O) groups is 3. The molecular weight excluding hydrogens is 566 g/mol. The summed E-state index contributed by atoms with van der Waals surface area (Å²) >= 11 is 5.48. The van der Waals surface area contributed by atoms with Crippen LogP contribution in [0.5, 0.6) is 0 Å². The molecule has 206 valence electrons. The van der Waals surface area contributed by atoms with Crippen molar-refractivity contribution in [1.82, 2.24) is 9.80 Å². The van der Waals surface area contributed by atoms with Crippen LogP contribution in [0.25, 0.3) is 0 Å². The van der Waals surface area contributed by atoms with Crippen LogP contribution in [0.15, 0.2) is 55.6 Å².